The Morgan fingerprint density at radius 1 is 1.15 bits per heavy atom. The molecule has 1 amide bonds. The number of carbonyl (C=O) groups excluding carboxylic acids is 1. The van der Waals surface area contributed by atoms with Gasteiger partial charge < -0.3 is 19.6 Å². The van der Waals surface area contributed by atoms with Crippen molar-refractivity contribution in [2.45, 2.75) is 0 Å². The first-order valence-electron chi connectivity index (χ1n) is 8.15. The summed E-state index contributed by atoms with van der Waals surface area (Å²) in [4.78, 5) is 26.8. The molecule has 1 N–H and O–H groups in total. The highest BCUT2D eigenvalue weighted by Crippen LogP contribution is 2.26. The first-order valence-corrected chi connectivity index (χ1v) is 8.15. The van der Waals surface area contributed by atoms with E-state index in [9.17, 15) is 20.0 Å². The molecule has 0 aromatic heterocycles. The molecule has 2 aromatic carbocycles. The van der Waals surface area contributed by atoms with Gasteiger partial charge in [0.2, 0.25) is 0 Å². The van der Waals surface area contributed by atoms with E-state index in [2.05, 4.69) is 0 Å². The van der Waals surface area contributed by atoms with Gasteiger partial charge in [0.1, 0.15) is 11.5 Å². The van der Waals surface area contributed by atoms with E-state index in [4.69, 9.17) is 4.74 Å². The van der Waals surface area contributed by atoms with Crippen LogP contribution in [0.5, 0.6) is 11.5 Å². The monoisotopic (exact) mass is 357 g/mol. The normalized spacial score (nSPS) is 14.2. The number of hydrogen-bond donors (Lipinski definition) is 1. The zero-order valence-electron chi connectivity index (χ0n) is 14.3. The van der Waals surface area contributed by atoms with Crippen LogP contribution in [-0.2, 0) is 0 Å². The van der Waals surface area contributed by atoms with Crippen molar-refractivity contribution in [3.63, 3.8) is 0 Å². The summed E-state index contributed by atoms with van der Waals surface area (Å²) < 4.78 is 5.03. The van der Waals surface area contributed by atoms with E-state index in [1.165, 1.54) is 25.3 Å². The molecule has 0 unspecified atom stereocenters. The molecule has 0 radical (unpaired) electrons. The highest BCUT2D eigenvalue weighted by molar-refractivity contribution is 5.97. The van der Waals surface area contributed by atoms with Crippen molar-refractivity contribution >= 4 is 17.3 Å². The Balaban J connectivity index is 1.67. The van der Waals surface area contributed by atoms with E-state index >= 15 is 0 Å². The molecule has 1 aliphatic rings. The number of nitro groups is 1. The summed E-state index contributed by atoms with van der Waals surface area (Å²) in [6, 6.07) is 11.0. The number of nitrogens with zero attached hydrogens (tertiary/aromatic N) is 3. The summed E-state index contributed by atoms with van der Waals surface area (Å²) in [6.45, 7) is 2.05. The minimum absolute atomic E-state index is 0.0455. The lowest BCUT2D eigenvalue weighted by Crippen LogP contribution is -2.48. The molecule has 1 aliphatic heterocycles. The van der Waals surface area contributed by atoms with Crippen molar-refractivity contribution in [2.75, 3.05) is 38.2 Å². The van der Waals surface area contributed by atoms with Crippen LogP contribution < -0.4 is 9.64 Å². The molecule has 136 valence electrons. The van der Waals surface area contributed by atoms with Gasteiger partial charge >= 0.3 is 0 Å². The number of non-ortho nitro benzene ring substituents is 1. The maximum absolute atomic E-state index is 12.6. The first-order chi connectivity index (χ1) is 12.5. The van der Waals surface area contributed by atoms with Crippen LogP contribution in [0.25, 0.3) is 0 Å². The van der Waals surface area contributed by atoms with Crippen molar-refractivity contribution in [2.24, 2.45) is 0 Å². The van der Waals surface area contributed by atoms with Crippen LogP contribution in [0, 0.1) is 10.1 Å². The van der Waals surface area contributed by atoms with Crippen LogP contribution in [0.4, 0.5) is 11.4 Å². The zero-order valence-corrected chi connectivity index (χ0v) is 14.3. The summed E-state index contributed by atoms with van der Waals surface area (Å²) in [6.07, 6.45) is 0. The fourth-order valence-corrected chi connectivity index (χ4v) is 2.96. The number of aromatic hydroxyl groups is 1. The second-order valence-corrected chi connectivity index (χ2v) is 5.94. The Labute approximate surface area is 150 Å². The second kappa shape index (κ2) is 7.30. The fraction of sp³-hybridized carbons (Fsp3) is 0.278. The molecule has 8 nitrogen and oxygen atoms in total. The maximum atomic E-state index is 12.6. The average molecular weight is 357 g/mol. The number of anilines is 1. The molecule has 1 saturated heterocycles. The molecular weight excluding hydrogens is 338 g/mol. The van der Waals surface area contributed by atoms with Crippen molar-refractivity contribution in [1.82, 2.24) is 4.90 Å². The van der Waals surface area contributed by atoms with Gasteiger partial charge in [-0.1, -0.05) is 6.07 Å². The number of amides is 1. The maximum Gasteiger partial charge on any atom is 0.271 e. The van der Waals surface area contributed by atoms with E-state index < -0.39 is 4.92 Å². The summed E-state index contributed by atoms with van der Waals surface area (Å²) in [5, 5.41) is 20.9. The number of ether oxygens (including phenoxy) is 1. The quantitative estimate of drug-likeness (QED) is 0.666. The van der Waals surface area contributed by atoms with Gasteiger partial charge in [-0.3, -0.25) is 14.9 Å². The summed E-state index contributed by atoms with van der Waals surface area (Å²) >= 11 is 0. The summed E-state index contributed by atoms with van der Waals surface area (Å²) in [5.74, 6) is 0.119. The summed E-state index contributed by atoms with van der Waals surface area (Å²) in [7, 11) is 1.49. The van der Waals surface area contributed by atoms with Gasteiger partial charge in [0, 0.05) is 50.1 Å². The van der Waals surface area contributed by atoms with Gasteiger partial charge in [0.25, 0.3) is 11.6 Å². The number of nitro benzene ring substituents is 1. The van der Waals surface area contributed by atoms with Gasteiger partial charge in [-0.05, 0) is 18.2 Å². The molecule has 1 heterocycles. The molecule has 0 spiro atoms. The average Bonchev–Trinajstić information content (AvgIpc) is 2.67. The van der Waals surface area contributed by atoms with E-state index in [1.54, 1.807) is 23.1 Å². The topological polar surface area (TPSA) is 96.2 Å². The Kier molecular flexibility index (Phi) is 4.92. The largest absolute Gasteiger partial charge is 0.507 e. The standard InChI is InChI=1S/C18H19N3O5/c1-26-15-5-6-16(17(22)12-15)18(23)20-9-7-19(8-10-20)13-3-2-4-14(11-13)21(24)25/h2-6,11-12,22H,7-10H2,1H3. The first kappa shape index (κ1) is 17.5. The van der Waals surface area contributed by atoms with E-state index in [-0.39, 0.29) is 22.9 Å². The van der Waals surface area contributed by atoms with E-state index in [0.29, 0.717) is 31.9 Å². The lowest BCUT2D eigenvalue weighted by molar-refractivity contribution is -0.384. The minimum Gasteiger partial charge on any atom is -0.507 e. The third kappa shape index (κ3) is 3.53. The number of methoxy groups -OCH3 is 1. The number of benzene rings is 2. The Bertz CT molecular complexity index is 831. The number of hydrogen-bond acceptors (Lipinski definition) is 6. The molecule has 0 aliphatic carbocycles. The second-order valence-electron chi connectivity index (χ2n) is 5.94. The van der Waals surface area contributed by atoms with Gasteiger partial charge in [0.05, 0.1) is 17.6 Å². The van der Waals surface area contributed by atoms with Crippen molar-refractivity contribution in [3.8, 4) is 11.5 Å². The predicted octanol–water partition coefficient (Wildman–Crippen LogP) is 2.27. The van der Waals surface area contributed by atoms with Gasteiger partial charge in [-0.2, -0.15) is 0 Å². The molecule has 0 atom stereocenters. The number of piperazine rings is 1. The van der Waals surface area contributed by atoms with Crippen LogP contribution >= 0.6 is 0 Å². The third-order valence-electron chi connectivity index (χ3n) is 4.41. The van der Waals surface area contributed by atoms with E-state index in [0.717, 1.165) is 5.69 Å². The minimum atomic E-state index is -0.421. The number of carbonyl (C=O) groups is 1. The van der Waals surface area contributed by atoms with Crippen LogP contribution in [0.2, 0.25) is 0 Å². The Morgan fingerprint density at radius 2 is 1.88 bits per heavy atom. The fourth-order valence-electron chi connectivity index (χ4n) is 2.96. The van der Waals surface area contributed by atoms with Crippen LogP contribution in [0.15, 0.2) is 42.5 Å². The van der Waals surface area contributed by atoms with Gasteiger partial charge in [-0.25, -0.2) is 0 Å². The zero-order chi connectivity index (χ0) is 18.7. The van der Waals surface area contributed by atoms with E-state index in [1.807, 2.05) is 11.0 Å². The van der Waals surface area contributed by atoms with Crippen LogP contribution in [-0.4, -0.2) is 54.1 Å². The Hall–Kier alpha value is -3.29. The lowest BCUT2D eigenvalue weighted by Gasteiger charge is -2.36. The van der Waals surface area contributed by atoms with Gasteiger partial charge in [0.15, 0.2) is 0 Å². The number of rotatable bonds is 4. The molecule has 26 heavy (non-hydrogen) atoms. The molecule has 1 fully saturated rings. The lowest BCUT2D eigenvalue weighted by atomic mass is 10.1. The molecule has 8 heteroatoms. The summed E-state index contributed by atoms with van der Waals surface area (Å²) in [5.41, 5.74) is 1.04. The Morgan fingerprint density at radius 3 is 2.50 bits per heavy atom. The number of phenolic OH excluding ortho intramolecular Hbond substituents is 1. The highest BCUT2D eigenvalue weighted by Gasteiger charge is 2.24. The van der Waals surface area contributed by atoms with Crippen molar-refractivity contribution in [3.05, 3.63) is 58.1 Å². The van der Waals surface area contributed by atoms with Crippen molar-refractivity contribution < 1.29 is 19.6 Å². The van der Waals surface area contributed by atoms with Crippen molar-refractivity contribution in [1.29, 1.82) is 0 Å². The van der Waals surface area contributed by atoms with Gasteiger partial charge in [-0.15, -0.1) is 0 Å². The molecule has 0 bridgehead atoms. The number of phenols is 1. The molecule has 2 aromatic rings. The molecule has 3 rings (SSSR count). The SMILES string of the molecule is COc1ccc(C(=O)N2CCN(c3cccc([N+](=O)[O-])c3)CC2)c(O)c1. The van der Waals surface area contributed by atoms with Crippen LogP contribution in [0.3, 0.4) is 0 Å². The highest BCUT2D eigenvalue weighted by atomic mass is 16.6. The third-order valence-corrected chi connectivity index (χ3v) is 4.41. The smallest absolute Gasteiger partial charge is 0.271 e. The molecule has 0 saturated carbocycles. The molecular formula is C18H19N3O5. The van der Waals surface area contributed by atoms with Crippen LogP contribution in [0.1, 0.15) is 10.4 Å². The predicted molar refractivity (Wildman–Crippen MR) is 95.9 cm³/mol.